The fraction of sp³-hybridized carbons (Fsp3) is 0.182. The highest BCUT2D eigenvalue weighted by atomic mass is 35.5. The van der Waals surface area contributed by atoms with Crippen LogP contribution in [0.4, 0.5) is 10.2 Å². The summed E-state index contributed by atoms with van der Waals surface area (Å²) in [6.45, 7) is 2.15. The van der Waals surface area contributed by atoms with Crippen LogP contribution >= 0.6 is 11.6 Å². The van der Waals surface area contributed by atoms with Crippen LogP contribution in [0.25, 0.3) is 0 Å². The van der Waals surface area contributed by atoms with E-state index in [1.165, 1.54) is 6.07 Å². The van der Waals surface area contributed by atoms with Gasteiger partial charge in [0.25, 0.3) is 0 Å². The van der Waals surface area contributed by atoms with Gasteiger partial charge in [0.2, 0.25) is 0 Å². The Morgan fingerprint density at radius 3 is 2.75 bits per heavy atom. The number of nitrogens with zero attached hydrogens (tertiary/aromatic N) is 2. The minimum absolute atomic E-state index is 0.308. The van der Waals surface area contributed by atoms with Crippen molar-refractivity contribution < 1.29 is 4.39 Å². The van der Waals surface area contributed by atoms with Gasteiger partial charge in [-0.15, -0.1) is 0 Å². The van der Waals surface area contributed by atoms with Crippen LogP contribution in [0.2, 0.25) is 5.02 Å². The Labute approximate surface area is 97.6 Å². The maximum absolute atomic E-state index is 13.5. The first-order valence-electron chi connectivity index (χ1n) is 4.80. The molecule has 0 aliphatic rings. The maximum Gasteiger partial charge on any atom is 0.129 e. The molecule has 0 saturated heterocycles. The van der Waals surface area contributed by atoms with Crippen molar-refractivity contribution in [2.45, 2.75) is 13.5 Å². The predicted molar refractivity (Wildman–Crippen MR) is 61.9 cm³/mol. The van der Waals surface area contributed by atoms with Crippen LogP contribution in [-0.2, 0) is 6.54 Å². The molecule has 0 fully saturated rings. The minimum atomic E-state index is -0.347. The summed E-state index contributed by atoms with van der Waals surface area (Å²) in [5, 5.41) is 4.54. The van der Waals surface area contributed by atoms with E-state index in [0.29, 0.717) is 22.9 Å². The Morgan fingerprint density at radius 2 is 2.19 bits per heavy atom. The van der Waals surface area contributed by atoms with Gasteiger partial charge in [0.15, 0.2) is 0 Å². The molecule has 1 aromatic heterocycles. The highest BCUT2D eigenvalue weighted by Gasteiger charge is 2.07. The number of halogens is 2. The first-order valence-corrected chi connectivity index (χ1v) is 5.18. The molecule has 1 heterocycles. The number of nitrogen functional groups attached to an aromatic ring is 1. The molecule has 0 saturated carbocycles. The van der Waals surface area contributed by atoms with E-state index in [1.54, 1.807) is 22.9 Å². The summed E-state index contributed by atoms with van der Waals surface area (Å²) in [6, 6.07) is 6.30. The van der Waals surface area contributed by atoms with Crippen molar-refractivity contribution in [1.29, 1.82) is 0 Å². The molecule has 2 rings (SSSR count). The fourth-order valence-electron chi connectivity index (χ4n) is 1.50. The van der Waals surface area contributed by atoms with E-state index >= 15 is 0 Å². The Hall–Kier alpha value is -1.55. The topological polar surface area (TPSA) is 43.8 Å². The second-order valence-electron chi connectivity index (χ2n) is 3.60. The standard InChI is InChI=1S/C11H11ClFN3/c1-7-4-11(14)16(15-7)6-8-2-3-9(12)5-10(8)13/h2-5H,6,14H2,1H3. The van der Waals surface area contributed by atoms with Gasteiger partial charge in [-0.3, -0.25) is 0 Å². The molecule has 2 N–H and O–H groups in total. The average Bonchev–Trinajstić information content (AvgIpc) is 2.50. The first kappa shape index (κ1) is 11.0. The normalized spacial score (nSPS) is 10.7. The van der Waals surface area contributed by atoms with E-state index in [0.717, 1.165) is 5.69 Å². The molecule has 0 aliphatic carbocycles. The lowest BCUT2D eigenvalue weighted by atomic mass is 10.2. The molecular formula is C11H11ClFN3. The zero-order valence-corrected chi connectivity index (χ0v) is 9.50. The number of hydrogen-bond acceptors (Lipinski definition) is 2. The highest BCUT2D eigenvalue weighted by Crippen LogP contribution is 2.17. The van der Waals surface area contributed by atoms with Gasteiger partial charge in [-0.2, -0.15) is 5.10 Å². The SMILES string of the molecule is Cc1cc(N)n(Cc2ccc(Cl)cc2F)n1. The molecule has 0 radical (unpaired) electrons. The third-order valence-corrected chi connectivity index (χ3v) is 2.50. The van der Waals surface area contributed by atoms with E-state index in [9.17, 15) is 4.39 Å². The smallest absolute Gasteiger partial charge is 0.129 e. The van der Waals surface area contributed by atoms with Gasteiger partial charge in [-0.05, 0) is 19.1 Å². The number of hydrogen-bond donors (Lipinski definition) is 1. The quantitative estimate of drug-likeness (QED) is 0.876. The molecule has 3 nitrogen and oxygen atoms in total. The Morgan fingerprint density at radius 1 is 1.44 bits per heavy atom. The zero-order chi connectivity index (χ0) is 11.7. The number of aromatic nitrogens is 2. The van der Waals surface area contributed by atoms with Crippen molar-refractivity contribution in [1.82, 2.24) is 9.78 Å². The highest BCUT2D eigenvalue weighted by molar-refractivity contribution is 6.30. The van der Waals surface area contributed by atoms with Crippen LogP contribution in [-0.4, -0.2) is 9.78 Å². The third-order valence-electron chi connectivity index (χ3n) is 2.27. The van der Waals surface area contributed by atoms with Gasteiger partial charge in [0.1, 0.15) is 11.6 Å². The molecular weight excluding hydrogens is 229 g/mol. The van der Waals surface area contributed by atoms with E-state index in [2.05, 4.69) is 5.10 Å². The summed E-state index contributed by atoms with van der Waals surface area (Å²) >= 11 is 5.67. The molecule has 0 bridgehead atoms. The molecule has 5 heteroatoms. The summed E-state index contributed by atoms with van der Waals surface area (Å²) in [6.07, 6.45) is 0. The van der Waals surface area contributed by atoms with E-state index in [1.807, 2.05) is 6.92 Å². The second kappa shape index (κ2) is 4.14. The van der Waals surface area contributed by atoms with E-state index in [4.69, 9.17) is 17.3 Å². The monoisotopic (exact) mass is 239 g/mol. The largest absolute Gasteiger partial charge is 0.384 e. The van der Waals surface area contributed by atoms with Crippen LogP contribution < -0.4 is 5.73 Å². The van der Waals surface area contributed by atoms with Gasteiger partial charge in [0, 0.05) is 16.7 Å². The molecule has 0 atom stereocenters. The van der Waals surface area contributed by atoms with E-state index < -0.39 is 0 Å². The number of nitrogens with two attached hydrogens (primary N) is 1. The Kier molecular flexibility index (Phi) is 2.83. The molecule has 0 spiro atoms. The van der Waals surface area contributed by atoms with Crippen molar-refractivity contribution in [3.63, 3.8) is 0 Å². The second-order valence-corrected chi connectivity index (χ2v) is 4.04. The van der Waals surface area contributed by atoms with Crippen molar-refractivity contribution in [2.75, 3.05) is 5.73 Å². The summed E-state index contributed by atoms with van der Waals surface area (Å²) < 4.78 is 15.1. The molecule has 16 heavy (non-hydrogen) atoms. The van der Waals surface area contributed by atoms with Crippen LogP contribution in [0, 0.1) is 12.7 Å². The van der Waals surface area contributed by atoms with Crippen molar-refractivity contribution in [3.05, 3.63) is 46.4 Å². The Bertz CT molecular complexity index is 522. The van der Waals surface area contributed by atoms with Crippen LogP contribution in [0.5, 0.6) is 0 Å². The first-order chi connectivity index (χ1) is 7.56. The molecule has 1 aromatic carbocycles. The van der Waals surface area contributed by atoms with Gasteiger partial charge in [0.05, 0.1) is 12.2 Å². The minimum Gasteiger partial charge on any atom is -0.384 e. The fourth-order valence-corrected chi connectivity index (χ4v) is 1.66. The number of aryl methyl sites for hydroxylation is 1. The average molecular weight is 240 g/mol. The molecule has 0 unspecified atom stereocenters. The summed E-state index contributed by atoms with van der Waals surface area (Å²) in [7, 11) is 0. The lowest BCUT2D eigenvalue weighted by Gasteiger charge is -2.05. The predicted octanol–water partition coefficient (Wildman–Crippen LogP) is 2.61. The molecule has 0 aliphatic heterocycles. The summed E-state index contributed by atoms with van der Waals surface area (Å²) in [4.78, 5) is 0. The Balaban J connectivity index is 2.30. The summed E-state index contributed by atoms with van der Waals surface area (Å²) in [5.74, 6) is 0.173. The van der Waals surface area contributed by atoms with E-state index in [-0.39, 0.29) is 5.82 Å². The number of benzene rings is 1. The van der Waals surface area contributed by atoms with Crippen molar-refractivity contribution in [3.8, 4) is 0 Å². The van der Waals surface area contributed by atoms with Crippen molar-refractivity contribution >= 4 is 17.4 Å². The molecule has 2 aromatic rings. The van der Waals surface area contributed by atoms with Crippen LogP contribution in [0.1, 0.15) is 11.3 Å². The molecule has 0 amide bonds. The number of rotatable bonds is 2. The third kappa shape index (κ3) is 2.17. The lowest BCUT2D eigenvalue weighted by Crippen LogP contribution is -2.07. The van der Waals surface area contributed by atoms with Crippen molar-refractivity contribution in [2.24, 2.45) is 0 Å². The number of anilines is 1. The van der Waals surface area contributed by atoms with Crippen LogP contribution in [0.15, 0.2) is 24.3 Å². The van der Waals surface area contributed by atoms with Gasteiger partial charge < -0.3 is 5.73 Å². The lowest BCUT2D eigenvalue weighted by molar-refractivity contribution is 0.586. The summed E-state index contributed by atoms with van der Waals surface area (Å²) in [5.41, 5.74) is 7.05. The maximum atomic E-state index is 13.5. The van der Waals surface area contributed by atoms with Gasteiger partial charge in [-0.25, -0.2) is 9.07 Å². The zero-order valence-electron chi connectivity index (χ0n) is 8.74. The molecule has 84 valence electrons. The van der Waals surface area contributed by atoms with Gasteiger partial charge in [-0.1, -0.05) is 17.7 Å². The van der Waals surface area contributed by atoms with Crippen LogP contribution in [0.3, 0.4) is 0 Å². The van der Waals surface area contributed by atoms with Gasteiger partial charge >= 0.3 is 0 Å².